The average Bonchev–Trinajstić information content (AvgIpc) is 2.74. The summed E-state index contributed by atoms with van der Waals surface area (Å²) in [6.45, 7) is 4.32. The maximum absolute atomic E-state index is 5.49. The van der Waals surface area contributed by atoms with Crippen molar-refractivity contribution in [1.82, 2.24) is 15.2 Å². The van der Waals surface area contributed by atoms with E-state index in [2.05, 4.69) is 31.2 Å². The minimum absolute atomic E-state index is 0.620. The summed E-state index contributed by atoms with van der Waals surface area (Å²) in [5, 5.41) is 3.43. The molecule has 144 valence electrons. The lowest BCUT2D eigenvalue weighted by molar-refractivity contribution is 0.367. The van der Waals surface area contributed by atoms with E-state index in [9.17, 15) is 0 Å². The lowest BCUT2D eigenvalue weighted by atomic mass is 10.2. The van der Waals surface area contributed by atoms with Crippen LogP contribution in [0.25, 0.3) is 0 Å². The largest absolute Gasteiger partial charge is 0.495 e. The number of guanidine groups is 1. The number of rotatable bonds is 5. The Kier molecular flexibility index (Phi) is 6.35. The van der Waals surface area contributed by atoms with Crippen LogP contribution in [0.4, 0.5) is 5.69 Å². The number of aliphatic imine (C=N–C) groups is 1. The molecule has 2 aromatic rings. The van der Waals surface area contributed by atoms with Crippen LogP contribution in [0.2, 0.25) is 0 Å². The molecule has 0 spiro atoms. The highest BCUT2D eigenvalue weighted by molar-refractivity contribution is 5.80. The molecule has 27 heavy (non-hydrogen) atoms. The molecule has 0 unspecified atom stereocenters. The summed E-state index contributed by atoms with van der Waals surface area (Å²) in [7, 11) is 5.16. The Morgan fingerprint density at radius 3 is 2.59 bits per heavy atom. The van der Waals surface area contributed by atoms with Crippen LogP contribution in [0.3, 0.4) is 0 Å². The van der Waals surface area contributed by atoms with Crippen LogP contribution in [-0.2, 0) is 6.54 Å². The van der Waals surface area contributed by atoms with Gasteiger partial charge in [0.05, 0.1) is 19.9 Å². The first-order chi connectivity index (χ1) is 13.2. The predicted molar refractivity (Wildman–Crippen MR) is 108 cm³/mol. The smallest absolute Gasteiger partial charge is 0.213 e. The first-order valence-corrected chi connectivity index (χ1v) is 9.07. The molecule has 0 atom stereocenters. The van der Waals surface area contributed by atoms with Gasteiger partial charge >= 0.3 is 0 Å². The van der Waals surface area contributed by atoms with Crippen molar-refractivity contribution in [3.8, 4) is 11.6 Å². The van der Waals surface area contributed by atoms with Gasteiger partial charge in [-0.25, -0.2) is 4.98 Å². The van der Waals surface area contributed by atoms with Gasteiger partial charge in [-0.2, -0.15) is 0 Å². The quantitative estimate of drug-likeness (QED) is 0.643. The second-order valence-electron chi connectivity index (χ2n) is 6.25. The van der Waals surface area contributed by atoms with Crippen molar-refractivity contribution in [2.75, 3.05) is 52.3 Å². The fourth-order valence-electron chi connectivity index (χ4n) is 3.24. The number of piperazine rings is 1. The van der Waals surface area contributed by atoms with Crippen molar-refractivity contribution in [3.63, 3.8) is 0 Å². The fraction of sp³-hybridized carbons (Fsp3) is 0.400. The van der Waals surface area contributed by atoms with E-state index in [0.29, 0.717) is 12.4 Å². The lowest BCUT2D eigenvalue weighted by Gasteiger charge is -2.38. The minimum atomic E-state index is 0.620. The highest BCUT2D eigenvalue weighted by Gasteiger charge is 2.21. The topological polar surface area (TPSA) is 62.2 Å². The first-order valence-electron chi connectivity index (χ1n) is 9.07. The Hall–Kier alpha value is -2.96. The van der Waals surface area contributed by atoms with Crippen LogP contribution in [-0.4, -0.2) is 63.3 Å². The van der Waals surface area contributed by atoms with Crippen molar-refractivity contribution in [2.45, 2.75) is 6.54 Å². The molecule has 7 heteroatoms. The van der Waals surface area contributed by atoms with Gasteiger partial charge < -0.3 is 24.6 Å². The Bertz CT molecular complexity index is 772. The number of nitrogens with zero attached hydrogens (tertiary/aromatic N) is 4. The normalized spacial score (nSPS) is 14.9. The van der Waals surface area contributed by atoms with Gasteiger partial charge in [0.25, 0.3) is 0 Å². The summed E-state index contributed by atoms with van der Waals surface area (Å²) in [6.07, 6.45) is 1.75. The van der Waals surface area contributed by atoms with E-state index in [1.165, 1.54) is 0 Å². The van der Waals surface area contributed by atoms with Crippen LogP contribution in [0.1, 0.15) is 5.56 Å². The Morgan fingerprint density at radius 1 is 1.11 bits per heavy atom. The number of methoxy groups -OCH3 is 2. The summed E-state index contributed by atoms with van der Waals surface area (Å²) in [4.78, 5) is 13.2. The molecule has 0 amide bonds. The van der Waals surface area contributed by atoms with Gasteiger partial charge in [-0.15, -0.1) is 0 Å². The van der Waals surface area contributed by atoms with Crippen molar-refractivity contribution in [2.24, 2.45) is 4.99 Å². The third kappa shape index (κ3) is 4.61. The van der Waals surface area contributed by atoms with E-state index < -0.39 is 0 Å². The molecule has 7 nitrogen and oxygen atoms in total. The molecule has 0 saturated carbocycles. The molecule has 0 radical (unpaired) electrons. The number of nitrogens with one attached hydrogen (secondary N) is 1. The van der Waals surface area contributed by atoms with Gasteiger partial charge in [0.15, 0.2) is 5.96 Å². The number of benzene rings is 1. The number of anilines is 1. The second kappa shape index (κ2) is 9.12. The fourth-order valence-corrected chi connectivity index (χ4v) is 3.24. The van der Waals surface area contributed by atoms with Gasteiger partial charge in [-0.3, -0.25) is 4.99 Å². The maximum Gasteiger partial charge on any atom is 0.213 e. The zero-order chi connectivity index (χ0) is 19.1. The SMILES string of the molecule is CN=C(NCc1ccnc(OC)c1)N1CCN(c2ccccc2OC)CC1. The zero-order valence-corrected chi connectivity index (χ0v) is 16.2. The third-order valence-corrected chi connectivity index (χ3v) is 4.68. The summed E-state index contributed by atoms with van der Waals surface area (Å²) >= 11 is 0. The predicted octanol–water partition coefficient (Wildman–Crippen LogP) is 2.00. The summed E-state index contributed by atoms with van der Waals surface area (Å²) in [6, 6.07) is 12.1. The monoisotopic (exact) mass is 369 g/mol. The highest BCUT2D eigenvalue weighted by atomic mass is 16.5. The number of pyridine rings is 1. The number of hydrogen-bond donors (Lipinski definition) is 1. The molecule has 0 aliphatic carbocycles. The summed E-state index contributed by atoms with van der Waals surface area (Å²) < 4.78 is 10.7. The average molecular weight is 369 g/mol. The Labute approximate surface area is 160 Å². The van der Waals surface area contributed by atoms with Gasteiger partial charge in [-0.05, 0) is 23.8 Å². The molecule has 1 aliphatic rings. The Balaban J connectivity index is 1.57. The maximum atomic E-state index is 5.49. The second-order valence-corrected chi connectivity index (χ2v) is 6.25. The number of hydrogen-bond acceptors (Lipinski definition) is 5. The van der Waals surface area contributed by atoms with Crippen LogP contribution < -0.4 is 19.7 Å². The Morgan fingerprint density at radius 2 is 1.89 bits per heavy atom. The number of para-hydroxylation sites is 2. The van der Waals surface area contributed by atoms with E-state index in [1.54, 1.807) is 20.4 Å². The van der Waals surface area contributed by atoms with Gasteiger partial charge in [-0.1, -0.05) is 12.1 Å². The lowest BCUT2D eigenvalue weighted by Crippen LogP contribution is -2.52. The van der Waals surface area contributed by atoms with Crippen molar-refractivity contribution < 1.29 is 9.47 Å². The van der Waals surface area contributed by atoms with Gasteiger partial charge in [0.2, 0.25) is 5.88 Å². The van der Waals surface area contributed by atoms with Crippen LogP contribution in [0.15, 0.2) is 47.6 Å². The molecule has 1 aromatic heterocycles. The van der Waals surface area contributed by atoms with Gasteiger partial charge in [0.1, 0.15) is 5.75 Å². The molecule has 1 saturated heterocycles. The van der Waals surface area contributed by atoms with Crippen molar-refractivity contribution in [3.05, 3.63) is 48.2 Å². The molecular weight excluding hydrogens is 342 g/mol. The first kappa shape index (κ1) is 18.8. The summed E-state index contributed by atoms with van der Waals surface area (Å²) in [5.41, 5.74) is 2.25. The molecule has 2 heterocycles. The van der Waals surface area contributed by atoms with Crippen molar-refractivity contribution >= 4 is 11.6 Å². The molecule has 1 aliphatic heterocycles. The van der Waals surface area contributed by atoms with Crippen LogP contribution in [0, 0.1) is 0 Å². The van der Waals surface area contributed by atoms with E-state index in [1.807, 2.05) is 37.4 Å². The zero-order valence-electron chi connectivity index (χ0n) is 16.2. The summed E-state index contributed by atoms with van der Waals surface area (Å²) in [5.74, 6) is 2.44. The van der Waals surface area contributed by atoms with Gasteiger partial charge in [0, 0.05) is 52.0 Å². The third-order valence-electron chi connectivity index (χ3n) is 4.68. The molecule has 1 fully saturated rings. The van der Waals surface area contributed by atoms with E-state index in [0.717, 1.165) is 49.1 Å². The van der Waals surface area contributed by atoms with Crippen LogP contribution in [0.5, 0.6) is 11.6 Å². The molecular formula is C20H27N5O2. The van der Waals surface area contributed by atoms with Crippen LogP contribution >= 0.6 is 0 Å². The minimum Gasteiger partial charge on any atom is -0.495 e. The molecule has 0 bridgehead atoms. The van der Waals surface area contributed by atoms with E-state index >= 15 is 0 Å². The van der Waals surface area contributed by atoms with E-state index in [4.69, 9.17) is 9.47 Å². The van der Waals surface area contributed by atoms with Crippen molar-refractivity contribution in [1.29, 1.82) is 0 Å². The standard InChI is InChI=1S/C20H27N5O2/c1-21-20(23-15-16-8-9-22-19(14-16)27-3)25-12-10-24(11-13-25)17-6-4-5-7-18(17)26-2/h4-9,14H,10-13,15H2,1-3H3,(H,21,23). The number of aromatic nitrogens is 1. The van der Waals surface area contributed by atoms with E-state index in [-0.39, 0.29) is 0 Å². The number of ether oxygens (including phenoxy) is 2. The highest BCUT2D eigenvalue weighted by Crippen LogP contribution is 2.28. The molecule has 3 rings (SSSR count). The molecule has 1 aromatic carbocycles. The molecule has 1 N–H and O–H groups in total.